The molecule has 6 heteroatoms. The first-order valence-electron chi connectivity index (χ1n) is 5.74. The number of benzene rings is 1. The Bertz CT molecular complexity index is 603. The van der Waals surface area contributed by atoms with Gasteiger partial charge in [-0.05, 0) is 32.0 Å². The van der Waals surface area contributed by atoms with Gasteiger partial charge < -0.3 is 15.6 Å². The number of nitrogens with two attached hydrogens (primary N) is 1. The fourth-order valence-corrected chi connectivity index (χ4v) is 2.04. The van der Waals surface area contributed by atoms with E-state index in [1.54, 1.807) is 18.2 Å². The molecule has 0 spiro atoms. The lowest BCUT2D eigenvalue weighted by Gasteiger charge is -2.08. The van der Waals surface area contributed by atoms with Crippen LogP contribution in [0.4, 0.5) is 5.69 Å². The van der Waals surface area contributed by atoms with Gasteiger partial charge in [-0.15, -0.1) is 0 Å². The van der Waals surface area contributed by atoms with Gasteiger partial charge in [0.15, 0.2) is 0 Å². The lowest BCUT2D eigenvalue weighted by Crippen LogP contribution is -2.11. The van der Waals surface area contributed by atoms with E-state index in [1.165, 1.54) is 0 Å². The first-order chi connectivity index (χ1) is 8.99. The summed E-state index contributed by atoms with van der Waals surface area (Å²) in [7, 11) is 0. The molecule has 100 valence electrons. The summed E-state index contributed by atoms with van der Waals surface area (Å²) in [5.41, 5.74) is 8.16. The van der Waals surface area contributed by atoms with Crippen molar-refractivity contribution in [2.75, 3.05) is 5.32 Å². The van der Waals surface area contributed by atoms with Crippen molar-refractivity contribution in [1.82, 2.24) is 5.16 Å². The second-order valence-corrected chi connectivity index (χ2v) is 4.62. The predicted molar refractivity (Wildman–Crippen MR) is 73.3 cm³/mol. The van der Waals surface area contributed by atoms with Crippen LogP contribution in [-0.4, -0.2) is 11.1 Å². The fraction of sp³-hybridized carbons (Fsp3) is 0.231. The number of hydrogen-bond acceptors (Lipinski definition) is 4. The highest BCUT2D eigenvalue weighted by Crippen LogP contribution is 2.22. The number of nitrogens with one attached hydrogen (secondary N) is 1. The minimum absolute atomic E-state index is 0.310. The van der Waals surface area contributed by atoms with Crippen molar-refractivity contribution in [2.24, 2.45) is 5.73 Å². The van der Waals surface area contributed by atoms with E-state index in [9.17, 15) is 4.79 Å². The molecule has 0 bridgehead atoms. The summed E-state index contributed by atoms with van der Waals surface area (Å²) >= 11 is 5.98. The van der Waals surface area contributed by atoms with Gasteiger partial charge in [0, 0.05) is 17.8 Å². The number of carbonyl (C=O) groups excluding carboxylic acids is 1. The number of aryl methyl sites for hydroxylation is 2. The Kier molecular flexibility index (Phi) is 3.76. The zero-order valence-electron chi connectivity index (χ0n) is 10.7. The first-order valence-corrected chi connectivity index (χ1v) is 6.12. The van der Waals surface area contributed by atoms with Gasteiger partial charge in [-0.1, -0.05) is 16.8 Å². The molecular formula is C13H14ClN3O2. The van der Waals surface area contributed by atoms with Crippen LogP contribution in [0.5, 0.6) is 0 Å². The summed E-state index contributed by atoms with van der Waals surface area (Å²) in [6.45, 7) is 4.32. The molecule has 1 aromatic carbocycles. The van der Waals surface area contributed by atoms with E-state index in [0.717, 1.165) is 22.7 Å². The summed E-state index contributed by atoms with van der Waals surface area (Å²) < 4.78 is 5.08. The number of nitrogens with zero attached hydrogens (tertiary/aromatic N) is 1. The number of primary amides is 1. The van der Waals surface area contributed by atoms with E-state index in [0.29, 0.717) is 17.1 Å². The molecule has 0 aliphatic carbocycles. The van der Waals surface area contributed by atoms with Crippen molar-refractivity contribution in [1.29, 1.82) is 0 Å². The van der Waals surface area contributed by atoms with Crippen LogP contribution in [0.25, 0.3) is 0 Å². The molecule has 1 aromatic heterocycles. The van der Waals surface area contributed by atoms with Crippen molar-refractivity contribution >= 4 is 23.2 Å². The van der Waals surface area contributed by atoms with Crippen LogP contribution in [0.1, 0.15) is 27.4 Å². The van der Waals surface area contributed by atoms with Crippen molar-refractivity contribution < 1.29 is 9.32 Å². The molecule has 2 rings (SSSR count). The number of anilines is 1. The van der Waals surface area contributed by atoms with E-state index in [-0.39, 0.29) is 0 Å². The maximum absolute atomic E-state index is 11.1. The quantitative estimate of drug-likeness (QED) is 0.901. The summed E-state index contributed by atoms with van der Waals surface area (Å²) in [6.07, 6.45) is 0. The molecule has 1 amide bonds. The summed E-state index contributed by atoms with van der Waals surface area (Å²) in [4.78, 5) is 11.1. The third-order valence-corrected chi connectivity index (χ3v) is 3.20. The van der Waals surface area contributed by atoms with E-state index in [4.69, 9.17) is 21.9 Å². The number of halogens is 1. The van der Waals surface area contributed by atoms with Gasteiger partial charge >= 0.3 is 0 Å². The summed E-state index contributed by atoms with van der Waals surface area (Å²) in [5, 5.41) is 7.41. The molecule has 0 aliphatic rings. The minimum Gasteiger partial charge on any atom is -0.381 e. The Labute approximate surface area is 115 Å². The zero-order valence-corrected chi connectivity index (χ0v) is 11.4. The molecule has 1 heterocycles. The number of carbonyl (C=O) groups is 1. The largest absolute Gasteiger partial charge is 0.381 e. The normalized spacial score (nSPS) is 10.5. The Morgan fingerprint density at radius 3 is 2.74 bits per heavy atom. The van der Waals surface area contributed by atoms with Crippen LogP contribution >= 0.6 is 11.6 Å². The van der Waals surface area contributed by atoms with Gasteiger partial charge in [0.25, 0.3) is 0 Å². The number of rotatable bonds is 4. The van der Waals surface area contributed by atoms with Crippen LogP contribution < -0.4 is 11.1 Å². The van der Waals surface area contributed by atoms with Gasteiger partial charge in [-0.3, -0.25) is 4.79 Å². The lowest BCUT2D eigenvalue weighted by molar-refractivity contribution is 0.100. The van der Waals surface area contributed by atoms with Crippen LogP contribution in [0.2, 0.25) is 5.02 Å². The van der Waals surface area contributed by atoms with E-state index in [2.05, 4.69) is 10.5 Å². The Morgan fingerprint density at radius 1 is 1.47 bits per heavy atom. The number of hydrogen-bond donors (Lipinski definition) is 2. The average Bonchev–Trinajstić information content (AvgIpc) is 2.66. The van der Waals surface area contributed by atoms with Crippen LogP contribution in [0, 0.1) is 13.8 Å². The SMILES string of the molecule is Cc1noc(C)c1CNc1ccc(C(N)=O)c(Cl)c1. The molecule has 0 unspecified atom stereocenters. The Hall–Kier alpha value is -2.01. The van der Waals surface area contributed by atoms with E-state index < -0.39 is 5.91 Å². The maximum atomic E-state index is 11.1. The molecule has 5 nitrogen and oxygen atoms in total. The van der Waals surface area contributed by atoms with Crippen LogP contribution in [-0.2, 0) is 6.54 Å². The maximum Gasteiger partial charge on any atom is 0.250 e. The van der Waals surface area contributed by atoms with Gasteiger partial charge in [0.1, 0.15) is 5.76 Å². The standard InChI is InChI=1S/C13H14ClN3O2/c1-7-11(8(2)19-17-7)6-16-9-3-4-10(13(15)18)12(14)5-9/h3-5,16H,6H2,1-2H3,(H2,15,18). The number of aromatic nitrogens is 1. The highest BCUT2D eigenvalue weighted by atomic mass is 35.5. The second kappa shape index (κ2) is 5.32. The van der Waals surface area contributed by atoms with Crippen molar-refractivity contribution in [3.05, 3.63) is 45.8 Å². The first kappa shape index (κ1) is 13.4. The highest BCUT2D eigenvalue weighted by molar-refractivity contribution is 6.34. The molecule has 0 saturated heterocycles. The molecule has 3 N–H and O–H groups in total. The third-order valence-electron chi connectivity index (χ3n) is 2.89. The third kappa shape index (κ3) is 2.88. The van der Waals surface area contributed by atoms with Crippen molar-refractivity contribution in [3.63, 3.8) is 0 Å². The molecule has 0 radical (unpaired) electrons. The van der Waals surface area contributed by atoms with Gasteiger partial charge in [0.2, 0.25) is 5.91 Å². The number of amides is 1. The molecule has 19 heavy (non-hydrogen) atoms. The van der Waals surface area contributed by atoms with E-state index in [1.807, 2.05) is 13.8 Å². The molecule has 0 saturated carbocycles. The predicted octanol–water partition coefficient (Wildman–Crippen LogP) is 2.66. The Balaban J connectivity index is 2.13. The van der Waals surface area contributed by atoms with Crippen molar-refractivity contribution in [2.45, 2.75) is 20.4 Å². The lowest BCUT2D eigenvalue weighted by atomic mass is 10.1. The molecule has 0 atom stereocenters. The smallest absolute Gasteiger partial charge is 0.250 e. The highest BCUT2D eigenvalue weighted by Gasteiger charge is 2.10. The van der Waals surface area contributed by atoms with Gasteiger partial charge in [-0.2, -0.15) is 0 Å². The summed E-state index contributed by atoms with van der Waals surface area (Å²) in [5.74, 6) is 0.243. The minimum atomic E-state index is -0.540. The second-order valence-electron chi connectivity index (χ2n) is 4.22. The van der Waals surface area contributed by atoms with Crippen LogP contribution in [0.15, 0.2) is 22.7 Å². The molecular weight excluding hydrogens is 266 g/mol. The van der Waals surface area contributed by atoms with Gasteiger partial charge in [0.05, 0.1) is 16.3 Å². The van der Waals surface area contributed by atoms with Crippen LogP contribution in [0.3, 0.4) is 0 Å². The topological polar surface area (TPSA) is 81.2 Å². The van der Waals surface area contributed by atoms with Gasteiger partial charge in [-0.25, -0.2) is 0 Å². The Morgan fingerprint density at radius 2 is 2.21 bits per heavy atom. The van der Waals surface area contributed by atoms with Crippen molar-refractivity contribution in [3.8, 4) is 0 Å². The van der Waals surface area contributed by atoms with E-state index >= 15 is 0 Å². The average molecular weight is 280 g/mol. The summed E-state index contributed by atoms with van der Waals surface area (Å²) in [6, 6.07) is 5.02. The molecule has 0 fully saturated rings. The fourth-order valence-electron chi connectivity index (χ4n) is 1.77. The monoisotopic (exact) mass is 279 g/mol. The molecule has 0 aliphatic heterocycles. The zero-order chi connectivity index (χ0) is 14.0. The molecule has 2 aromatic rings.